The molecule has 5 nitrogen and oxygen atoms in total. The van der Waals surface area contributed by atoms with Crippen LogP contribution < -0.4 is 10.9 Å². The summed E-state index contributed by atoms with van der Waals surface area (Å²) in [4.78, 5) is 23.9. The smallest absolute Gasteiger partial charge is 0.287 e. The zero-order chi connectivity index (χ0) is 17.0. The second-order valence-corrected chi connectivity index (χ2v) is 5.94. The molecule has 1 atom stereocenters. The highest BCUT2D eigenvalue weighted by Crippen LogP contribution is 2.15. The second kappa shape index (κ2) is 7.62. The van der Waals surface area contributed by atoms with Crippen LogP contribution >= 0.6 is 23.2 Å². The van der Waals surface area contributed by atoms with Crippen molar-refractivity contribution >= 4 is 29.1 Å². The molecule has 0 spiro atoms. The van der Waals surface area contributed by atoms with E-state index < -0.39 is 5.56 Å². The van der Waals surface area contributed by atoms with Crippen LogP contribution in [0, 0.1) is 0 Å². The van der Waals surface area contributed by atoms with Gasteiger partial charge in [0.2, 0.25) is 5.91 Å². The predicted molar refractivity (Wildman–Crippen MR) is 90.9 cm³/mol. The zero-order valence-electron chi connectivity index (χ0n) is 12.8. The van der Waals surface area contributed by atoms with Crippen molar-refractivity contribution in [2.24, 2.45) is 0 Å². The number of carbonyl (C=O) groups excluding carboxylic acids is 1. The Labute approximate surface area is 144 Å². The first-order chi connectivity index (χ1) is 10.9. The standard InChI is InChI=1S/C16H17Cl2N3O2/c1-3-11-4-6-12(7-5-11)10(2)20-14(22)9-21-16(23)15(18)13(17)8-19-21/h4-8,10H,3,9H2,1-2H3,(H,20,22)/t10-/m1/s1. The molecule has 0 bridgehead atoms. The maximum atomic E-state index is 12.1. The Morgan fingerprint density at radius 3 is 2.57 bits per heavy atom. The van der Waals surface area contributed by atoms with Crippen molar-refractivity contribution in [2.75, 3.05) is 0 Å². The minimum Gasteiger partial charge on any atom is -0.348 e. The molecule has 0 radical (unpaired) electrons. The largest absolute Gasteiger partial charge is 0.348 e. The molecule has 2 rings (SSSR count). The van der Waals surface area contributed by atoms with Gasteiger partial charge in [-0.3, -0.25) is 9.59 Å². The summed E-state index contributed by atoms with van der Waals surface area (Å²) >= 11 is 11.5. The van der Waals surface area contributed by atoms with Crippen LogP contribution in [-0.2, 0) is 17.8 Å². The van der Waals surface area contributed by atoms with Gasteiger partial charge in [0.1, 0.15) is 11.6 Å². The van der Waals surface area contributed by atoms with E-state index in [9.17, 15) is 9.59 Å². The molecule has 2 aromatic rings. The van der Waals surface area contributed by atoms with Gasteiger partial charge in [-0.05, 0) is 24.5 Å². The van der Waals surface area contributed by atoms with Crippen LogP contribution in [0.25, 0.3) is 0 Å². The fourth-order valence-corrected chi connectivity index (χ4v) is 2.38. The highest BCUT2D eigenvalue weighted by atomic mass is 35.5. The quantitative estimate of drug-likeness (QED) is 0.898. The summed E-state index contributed by atoms with van der Waals surface area (Å²) in [6.07, 6.45) is 2.21. The molecular formula is C16H17Cl2N3O2. The molecule has 0 fully saturated rings. The minimum absolute atomic E-state index is 0.0673. The van der Waals surface area contributed by atoms with Crippen LogP contribution in [0.5, 0.6) is 0 Å². The van der Waals surface area contributed by atoms with Crippen molar-refractivity contribution in [2.45, 2.75) is 32.9 Å². The van der Waals surface area contributed by atoms with Gasteiger partial charge in [-0.25, -0.2) is 4.68 Å². The molecule has 0 aliphatic heterocycles. The molecule has 0 aliphatic rings. The zero-order valence-corrected chi connectivity index (χ0v) is 14.4. The van der Waals surface area contributed by atoms with Crippen molar-refractivity contribution in [3.05, 3.63) is 62.0 Å². The maximum Gasteiger partial charge on any atom is 0.287 e. The molecule has 1 amide bonds. The van der Waals surface area contributed by atoms with Crippen LogP contribution in [-0.4, -0.2) is 15.7 Å². The third kappa shape index (κ3) is 4.33. The van der Waals surface area contributed by atoms with Crippen LogP contribution in [0.3, 0.4) is 0 Å². The Bertz CT molecular complexity index is 757. The molecule has 0 aliphatic carbocycles. The number of nitrogens with zero attached hydrogens (tertiary/aromatic N) is 2. The number of nitrogens with one attached hydrogen (secondary N) is 1. The van der Waals surface area contributed by atoms with E-state index in [-0.39, 0.29) is 28.5 Å². The van der Waals surface area contributed by atoms with Crippen molar-refractivity contribution < 1.29 is 4.79 Å². The molecule has 7 heteroatoms. The van der Waals surface area contributed by atoms with Gasteiger partial charge < -0.3 is 5.32 Å². The van der Waals surface area contributed by atoms with Gasteiger partial charge in [-0.1, -0.05) is 54.4 Å². The van der Waals surface area contributed by atoms with Gasteiger partial charge >= 0.3 is 0 Å². The molecular weight excluding hydrogens is 337 g/mol. The van der Waals surface area contributed by atoms with Gasteiger partial charge in [-0.2, -0.15) is 5.10 Å². The third-order valence-electron chi connectivity index (χ3n) is 3.50. The van der Waals surface area contributed by atoms with E-state index in [0.717, 1.165) is 16.7 Å². The van der Waals surface area contributed by atoms with Gasteiger partial charge in [0.05, 0.1) is 17.3 Å². The number of benzene rings is 1. The lowest BCUT2D eigenvalue weighted by Gasteiger charge is -2.15. The summed E-state index contributed by atoms with van der Waals surface area (Å²) in [5.41, 5.74) is 1.64. The SMILES string of the molecule is CCc1ccc([C@@H](C)NC(=O)Cn2ncc(Cl)c(Cl)c2=O)cc1. The van der Waals surface area contributed by atoms with Gasteiger partial charge in [0, 0.05) is 0 Å². The fourth-order valence-electron chi connectivity index (χ4n) is 2.11. The average Bonchev–Trinajstić information content (AvgIpc) is 2.55. The summed E-state index contributed by atoms with van der Waals surface area (Å²) in [6.45, 7) is 3.75. The average molecular weight is 354 g/mol. The molecule has 1 aromatic heterocycles. The van der Waals surface area contributed by atoms with Crippen LogP contribution in [0.2, 0.25) is 10.0 Å². The van der Waals surface area contributed by atoms with Crippen LogP contribution in [0.1, 0.15) is 31.0 Å². The number of rotatable bonds is 5. The third-order valence-corrected chi connectivity index (χ3v) is 4.25. The first-order valence-electron chi connectivity index (χ1n) is 7.21. The van der Waals surface area contributed by atoms with Gasteiger partial charge in [-0.15, -0.1) is 0 Å². The van der Waals surface area contributed by atoms with Crippen LogP contribution in [0.4, 0.5) is 0 Å². The lowest BCUT2D eigenvalue weighted by molar-refractivity contribution is -0.122. The van der Waals surface area contributed by atoms with E-state index in [1.165, 1.54) is 11.8 Å². The van der Waals surface area contributed by atoms with Crippen molar-refractivity contribution in [3.63, 3.8) is 0 Å². The molecule has 0 saturated heterocycles. The molecule has 1 heterocycles. The number of hydrogen-bond acceptors (Lipinski definition) is 3. The predicted octanol–water partition coefficient (Wildman–Crippen LogP) is 2.99. The molecule has 0 unspecified atom stereocenters. The van der Waals surface area contributed by atoms with Gasteiger partial charge in [0.25, 0.3) is 5.56 Å². The topological polar surface area (TPSA) is 64.0 Å². The summed E-state index contributed by atoms with van der Waals surface area (Å²) in [5.74, 6) is -0.329. The Kier molecular flexibility index (Phi) is 5.80. The number of aromatic nitrogens is 2. The minimum atomic E-state index is -0.589. The second-order valence-electron chi connectivity index (χ2n) is 5.15. The Hall–Kier alpha value is -1.85. The van der Waals surface area contributed by atoms with E-state index in [1.807, 2.05) is 31.2 Å². The van der Waals surface area contributed by atoms with Crippen molar-refractivity contribution in [1.29, 1.82) is 0 Å². The number of carbonyl (C=O) groups is 1. The molecule has 122 valence electrons. The van der Waals surface area contributed by atoms with Crippen LogP contribution in [0.15, 0.2) is 35.3 Å². The van der Waals surface area contributed by atoms with E-state index in [0.29, 0.717) is 0 Å². The first-order valence-corrected chi connectivity index (χ1v) is 7.97. The fraction of sp³-hybridized carbons (Fsp3) is 0.312. The Morgan fingerprint density at radius 2 is 1.96 bits per heavy atom. The number of hydrogen-bond donors (Lipinski definition) is 1. The van der Waals surface area contributed by atoms with Gasteiger partial charge in [0.15, 0.2) is 0 Å². The number of halogens is 2. The van der Waals surface area contributed by atoms with Crippen molar-refractivity contribution in [1.82, 2.24) is 15.1 Å². The number of amides is 1. The highest BCUT2D eigenvalue weighted by molar-refractivity contribution is 6.41. The first kappa shape index (κ1) is 17.5. The van der Waals surface area contributed by atoms with E-state index in [1.54, 1.807) is 0 Å². The summed E-state index contributed by atoms with van der Waals surface area (Å²) in [6, 6.07) is 7.85. The normalized spacial score (nSPS) is 12.0. The Morgan fingerprint density at radius 1 is 1.30 bits per heavy atom. The Balaban J connectivity index is 2.04. The van der Waals surface area contributed by atoms with E-state index in [2.05, 4.69) is 17.3 Å². The highest BCUT2D eigenvalue weighted by Gasteiger charge is 2.13. The van der Waals surface area contributed by atoms with Crippen molar-refractivity contribution in [3.8, 4) is 0 Å². The lowest BCUT2D eigenvalue weighted by atomic mass is 10.1. The molecule has 0 saturated carbocycles. The lowest BCUT2D eigenvalue weighted by Crippen LogP contribution is -2.35. The molecule has 1 aromatic carbocycles. The molecule has 1 N–H and O–H groups in total. The summed E-state index contributed by atoms with van der Waals surface area (Å²) in [7, 11) is 0. The van der Waals surface area contributed by atoms with E-state index >= 15 is 0 Å². The number of aryl methyl sites for hydroxylation is 1. The summed E-state index contributed by atoms with van der Waals surface area (Å²) < 4.78 is 0.983. The summed E-state index contributed by atoms with van der Waals surface area (Å²) in [5, 5.41) is 6.56. The maximum absolute atomic E-state index is 12.1. The monoisotopic (exact) mass is 353 g/mol. The van der Waals surface area contributed by atoms with E-state index in [4.69, 9.17) is 23.2 Å². The molecule has 23 heavy (non-hydrogen) atoms.